The summed E-state index contributed by atoms with van der Waals surface area (Å²) in [7, 11) is 0. The van der Waals surface area contributed by atoms with Crippen molar-refractivity contribution in [1.29, 1.82) is 0 Å². The maximum absolute atomic E-state index is 12.5. The normalized spacial score (nSPS) is 10.4. The Kier molecular flexibility index (Phi) is 5.55. The lowest BCUT2D eigenvalue weighted by molar-refractivity contribution is -0.144. The van der Waals surface area contributed by atoms with Gasteiger partial charge in [0.05, 0.1) is 12.2 Å². The number of phenols is 1. The Morgan fingerprint density at radius 2 is 2.00 bits per heavy atom. The first-order chi connectivity index (χ1) is 9.38. The fraction of sp³-hybridized carbons (Fsp3) is 0.467. The van der Waals surface area contributed by atoms with Gasteiger partial charge in [0.15, 0.2) is 0 Å². The molecule has 1 rings (SSSR count). The molecule has 0 aliphatic rings. The maximum atomic E-state index is 12.5. The van der Waals surface area contributed by atoms with Crippen molar-refractivity contribution in [1.82, 2.24) is 4.90 Å². The van der Waals surface area contributed by atoms with Crippen LogP contribution in [0, 0.1) is 6.92 Å². The lowest BCUT2D eigenvalue weighted by Gasteiger charge is -2.26. The molecule has 1 aromatic carbocycles. The average Bonchev–Trinajstić information content (AvgIpc) is 2.38. The van der Waals surface area contributed by atoms with Gasteiger partial charge < -0.3 is 14.7 Å². The van der Waals surface area contributed by atoms with Crippen molar-refractivity contribution in [3.05, 3.63) is 29.3 Å². The van der Waals surface area contributed by atoms with Crippen LogP contribution in [0.3, 0.4) is 0 Å². The van der Waals surface area contributed by atoms with Gasteiger partial charge in [-0.2, -0.15) is 0 Å². The summed E-state index contributed by atoms with van der Waals surface area (Å²) in [6.45, 7) is 7.20. The molecule has 20 heavy (non-hydrogen) atoms. The van der Waals surface area contributed by atoms with Crippen molar-refractivity contribution in [3.63, 3.8) is 0 Å². The van der Waals surface area contributed by atoms with Gasteiger partial charge in [0.1, 0.15) is 12.3 Å². The number of rotatable bonds is 5. The molecule has 0 saturated carbocycles. The van der Waals surface area contributed by atoms with E-state index in [1.54, 1.807) is 32.0 Å². The molecule has 0 fully saturated rings. The zero-order valence-corrected chi connectivity index (χ0v) is 12.3. The molecule has 0 spiro atoms. The first kappa shape index (κ1) is 16.0. The number of hydrogen-bond acceptors (Lipinski definition) is 4. The van der Waals surface area contributed by atoms with Crippen LogP contribution in [-0.2, 0) is 9.53 Å². The van der Waals surface area contributed by atoms with Crippen molar-refractivity contribution < 1.29 is 19.4 Å². The lowest BCUT2D eigenvalue weighted by atomic mass is 10.1. The average molecular weight is 279 g/mol. The summed E-state index contributed by atoms with van der Waals surface area (Å²) in [5, 5.41) is 9.97. The topological polar surface area (TPSA) is 66.8 Å². The SMILES string of the molecule is CCOC(=O)CN(C(=O)c1cccc(C)c1O)C(C)C. The Bertz CT molecular complexity index is 497. The monoisotopic (exact) mass is 279 g/mol. The third-order valence-corrected chi connectivity index (χ3v) is 2.96. The minimum atomic E-state index is -0.457. The third-order valence-electron chi connectivity index (χ3n) is 2.96. The largest absolute Gasteiger partial charge is 0.507 e. The predicted molar refractivity (Wildman–Crippen MR) is 75.6 cm³/mol. The van der Waals surface area contributed by atoms with Crippen molar-refractivity contribution in [2.75, 3.05) is 13.2 Å². The Morgan fingerprint density at radius 1 is 1.35 bits per heavy atom. The van der Waals surface area contributed by atoms with Crippen LogP contribution in [-0.4, -0.2) is 41.1 Å². The standard InChI is InChI=1S/C15H21NO4/c1-5-20-13(17)9-16(10(2)3)15(19)12-8-6-7-11(4)14(12)18/h6-8,10,18H,5,9H2,1-4H3. The Labute approximate surface area is 119 Å². The second kappa shape index (κ2) is 6.93. The van der Waals surface area contributed by atoms with E-state index in [2.05, 4.69) is 0 Å². The summed E-state index contributed by atoms with van der Waals surface area (Å²) in [4.78, 5) is 25.4. The maximum Gasteiger partial charge on any atom is 0.325 e. The van der Waals surface area contributed by atoms with Crippen LogP contribution in [0.15, 0.2) is 18.2 Å². The van der Waals surface area contributed by atoms with Gasteiger partial charge in [-0.3, -0.25) is 9.59 Å². The van der Waals surface area contributed by atoms with Crippen LogP contribution in [0.2, 0.25) is 0 Å². The van der Waals surface area contributed by atoms with E-state index in [1.165, 1.54) is 4.90 Å². The highest BCUT2D eigenvalue weighted by Gasteiger charge is 2.24. The van der Waals surface area contributed by atoms with E-state index in [4.69, 9.17) is 4.74 Å². The van der Waals surface area contributed by atoms with E-state index in [9.17, 15) is 14.7 Å². The van der Waals surface area contributed by atoms with E-state index in [0.717, 1.165) is 0 Å². The molecular weight excluding hydrogens is 258 g/mol. The molecule has 0 saturated heterocycles. The fourth-order valence-electron chi connectivity index (χ4n) is 1.82. The molecule has 0 atom stereocenters. The first-order valence-corrected chi connectivity index (χ1v) is 6.63. The van der Waals surface area contributed by atoms with Crippen LogP contribution in [0.4, 0.5) is 0 Å². The summed E-state index contributed by atoms with van der Waals surface area (Å²) >= 11 is 0. The number of esters is 1. The van der Waals surface area contributed by atoms with Crippen LogP contribution in [0.1, 0.15) is 36.7 Å². The molecule has 110 valence electrons. The molecule has 1 aromatic rings. The van der Waals surface area contributed by atoms with Crippen molar-refractivity contribution in [3.8, 4) is 5.75 Å². The van der Waals surface area contributed by atoms with Crippen molar-refractivity contribution >= 4 is 11.9 Å². The summed E-state index contributed by atoms with van der Waals surface area (Å²) < 4.78 is 4.87. The molecule has 0 heterocycles. The molecule has 0 unspecified atom stereocenters. The quantitative estimate of drug-likeness (QED) is 0.838. The smallest absolute Gasteiger partial charge is 0.325 e. The Hall–Kier alpha value is -2.04. The number of amides is 1. The molecule has 0 bridgehead atoms. The summed E-state index contributed by atoms with van der Waals surface area (Å²) in [6, 6.07) is 4.79. The van der Waals surface area contributed by atoms with E-state index in [1.807, 2.05) is 13.8 Å². The van der Waals surface area contributed by atoms with Gasteiger partial charge >= 0.3 is 5.97 Å². The van der Waals surface area contributed by atoms with E-state index in [-0.39, 0.29) is 36.4 Å². The molecular formula is C15H21NO4. The number of carbonyl (C=O) groups is 2. The molecule has 1 amide bonds. The molecule has 0 aromatic heterocycles. The van der Waals surface area contributed by atoms with Crippen molar-refractivity contribution in [2.45, 2.75) is 33.7 Å². The van der Waals surface area contributed by atoms with E-state index >= 15 is 0 Å². The highest BCUT2D eigenvalue weighted by atomic mass is 16.5. The molecule has 0 aliphatic carbocycles. The number of benzene rings is 1. The minimum absolute atomic E-state index is 0.0491. The first-order valence-electron chi connectivity index (χ1n) is 6.63. The number of hydrogen-bond donors (Lipinski definition) is 1. The molecule has 5 heteroatoms. The van der Waals surface area contributed by atoms with Gasteiger partial charge in [0, 0.05) is 6.04 Å². The molecule has 1 N–H and O–H groups in total. The molecule has 0 radical (unpaired) electrons. The second-order valence-corrected chi connectivity index (χ2v) is 4.80. The van der Waals surface area contributed by atoms with Crippen LogP contribution < -0.4 is 0 Å². The van der Waals surface area contributed by atoms with Gasteiger partial charge in [-0.1, -0.05) is 12.1 Å². The van der Waals surface area contributed by atoms with Gasteiger partial charge in [-0.25, -0.2) is 0 Å². The summed E-state index contributed by atoms with van der Waals surface area (Å²) in [5.74, 6) is -0.886. The summed E-state index contributed by atoms with van der Waals surface area (Å²) in [5.41, 5.74) is 0.818. The number of aromatic hydroxyl groups is 1. The van der Waals surface area contributed by atoms with E-state index < -0.39 is 5.97 Å². The zero-order chi connectivity index (χ0) is 15.3. The van der Waals surface area contributed by atoms with Gasteiger partial charge in [0.2, 0.25) is 0 Å². The molecule has 0 aliphatic heterocycles. The number of phenolic OH excluding ortho intramolecular Hbond substituents is 1. The highest BCUT2D eigenvalue weighted by molar-refractivity contribution is 5.98. The predicted octanol–water partition coefficient (Wildman–Crippen LogP) is 2.11. The van der Waals surface area contributed by atoms with Crippen LogP contribution in [0.25, 0.3) is 0 Å². The minimum Gasteiger partial charge on any atom is -0.507 e. The van der Waals surface area contributed by atoms with Crippen LogP contribution >= 0.6 is 0 Å². The second-order valence-electron chi connectivity index (χ2n) is 4.80. The number of ether oxygens (including phenoxy) is 1. The van der Waals surface area contributed by atoms with Crippen molar-refractivity contribution in [2.24, 2.45) is 0 Å². The fourth-order valence-corrected chi connectivity index (χ4v) is 1.82. The van der Waals surface area contributed by atoms with E-state index in [0.29, 0.717) is 5.56 Å². The number of carbonyl (C=O) groups excluding carboxylic acids is 2. The zero-order valence-electron chi connectivity index (χ0n) is 12.3. The number of para-hydroxylation sites is 1. The lowest BCUT2D eigenvalue weighted by Crippen LogP contribution is -2.41. The highest BCUT2D eigenvalue weighted by Crippen LogP contribution is 2.23. The van der Waals surface area contributed by atoms with Gasteiger partial charge in [-0.15, -0.1) is 0 Å². The van der Waals surface area contributed by atoms with Gasteiger partial charge in [-0.05, 0) is 39.3 Å². The van der Waals surface area contributed by atoms with Crippen LogP contribution in [0.5, 0.6) is 5.75 Å². The Morgan fingerprint density at radius 3 is 2.55 bits per heavy atom. The Balaban J connectivity index is 3.00. The van der Waals surface area contributed by atoms with Gasteiger partial charge in [0.25, 0.3) is 5.91 Å². The molecule has 5 nitrogen and oxygen atoms in total. The summed E-state index contributed by atoms with van der Waals surface area (Å²) in [6.07, 6.45) is 0. The number of nitrogens with zero attached hydrogens (tertiary/aromatic N) is 1. The number of aryl methyl sites for hydroxylation is 1. The third kappa shape index (κ3) is 3.73.